The van der Waals surface area contributed by atoms with Gasteiger partial charge in [-0.1, -0.05) is 12.1 Å². The van der Waals surface area contributed by atoms with E-state index in [1.165, 1.54) is 10.5 Å². The van der Waals surface area contributed by atoms with Gasteiger partial charge in [-0.2, -0.15) is 0 Å². The summed E-state index contributed by atoms with van der Waals surface area (Å²) in [6.45, 7) is 6.02. The molecule has 1 aromatic heterocycles. The van der Waals surface area contributed by atoms with Crippen molar-refractivity contribution < 1.29 is 4.79 Å². The van der Waals surface area contributed by atoms with E-state index in [4.69, 9.17) is 4.98 Å². The second kappa shape index (κ2) is 7.47. The molecule has 1 aliphatic rings. The molecule has 1 amide bonds. The Morgan fingerprint density at radius 2 is 1.91 bits per heavy atom. The zero-order chi connectivity index (χ0) is 16.2. The highest BCUT2D eigenvalue weighted by Crippen LogP contribution is 2.25. The van der Waals surface area contributed by atoms with Crippen molar-refractivity contribution in [2.45, 2.75) is 18.4 Å². The van der Waals surface area contributed by atoms with E-state index in [9.17, 15) is 4.79 Å². The van der Waals surface area contributed by atoms with Crippen molar-refractivity contribution in [3.8, 4) is 11.3 Å². The number of thioether (sulfide) groups is 1. The highest BCUT2D eigenvalue weighted by molar-refractivity contribution is 7.98. The van der Waals surface area contributed by atoms with Crippen LogP contribution in [-0.4, -0.2) is 53.1 Å². The first-order valence-electron chi connectivity index (χ1n) is 7.72. The number of hydrogen-bond donors (Lipinski definition) is 0. The summed E-state index contributed by atoms with van der Waals surface area (Å²) < 4.78 is 0. The Bertz CT molecular complexity index is 661. The zero-order valence-corrected chi connectivity index (χ0v) is 15.1. The minimum Gasteiger partial charge on any atom is -0.340 e. The maximum atomic E-state index is 11.4. The van der Waals surface area contributed by atoms with Crippen LogP contribution in [0.1, 0.15) is 11.9 Å². The summed E-state index contributed by atoms with van der Waals surface area (Å²) in [5.74, 6) is 0.176. The number of benzene rings is 1. The van der Waals surface area contributed by atoms with Crippen LogP contribution in [0.15, 0.2) is 34.5 Å². The smallest absolute Gasteiger partial charge is 0.219 e. The van der Waals surface area contributed by atoms with Crippen LogP contribution in [0.5, 0.6) is 0 Å². The number of amides is 1. The summed E-state index contributed by atoms with van der Waals surface area (Å²) in [7, 11) is 0. The minimum absolute atomic E-state index is 0.176. The Kier molecular flexibility index (Phi) is 5.35. The average molecular weight is 348 g/mol. The molecule has 23 heavy (non-hydrogen) atoms. The number of rotatable bonds is 4. The van der Waals surface area contributed by atoms with E-state index in [1.54, 1.807) is 30.0 Å². The Hall–Kier alpha value is -1.37. The molecular formula is C17H21N3OS2. The van der Waals surface area contributed by atoms with E-state index in [0.717, 1.165) is 43.4 Å². The van der Waals surface area contributed by atoms with E-state index >= 15 is 0 Å². The van der Waals surface area contributed by atoms with E-state index in [2.05, 4.69) is 40.8 Å². The van der Waals surface area contributed by atoms with Crippen LogP contribution in [0.3, 0.4) is 0 Å². The van der Waals surface area contributed by atoms with Crippen molar-refractivity contribution in [2.24, 2.45) is 0 Å². The molecule has 4 nitrogen and oxygen atoms in total. The van der Waals surface area contributed by atoms with Crippen LogP contribution < -0.4 is 0 Å². The molecule has 6 heteroatoms. The lowest BCUT2D eigenvalue weighted by molar-refractivity contribution is -0.130. The number of carbonyl (C=O) groups excluding carboxylic acids is 1. The van der Waals surface area contributed by atoms with Gasteiger partial charge in [0.05, 0.1) is 12.2 Å². The molecule has 0 saturated carbocycles. The van der Waals surface area contributed by atoms with Crippen molar-refractivity contribution in [3.63, 3.8) is 0 Å². The lowest BCUT2D eigenvalue weighted by Gasteiger charge is -2.33. The highest BCUT2D eigenvalue weighted by Gasteiger charge is 2.19. The van der Waals surface area contributed by atoms with E-state index in [1.807, 2.05) is 4.90 Å². The zero-order valence-electron chi connectivity index (χ0n) is 13.5. The minimum atomic E-state index is 0.176. The summed E-state index contributed by atoms with van der Waals surface area (Å²) in [4.78, 5) is 21.7. The fraction of sp³-hybridized carbons (Fsp3) is 0.412. The molecule has 2 aromatic rings. The van der Waals surface area contributed by atoms with Gasteiger partial charge in [0.1, 0.15) is 5.01 Å². The van der Waals surface area contributed by atoms with Crippen LogP contribution in [0, 0.1) is 0 Å². The molecule has 0 atom stereocenters. The second-order valence-corrected chi connectivity index (χ2v) is 7.46. The fourth-order valence-corrected chi connectivity index (χ4v) is 3.94. The van der Waals surface area contributed by atoms with E-state index in [-0.39, 0.29) is 5.91 Å². The number of hydrogen-bond acceptors (Lipinski definition) is 5. The summed E-state index contributed by atoms with van der Waals surface area (Å²) in [6, 6.07) is 8.55. The van der Waals surface area contributed by atoms with Crippen molar-refractivity contribution in [3.05, 3.63) is 34.7 Å². The normalized spacial score (nSPS) is 15.8. The Labute approximate surface area is 145 Å². The second-order valence-electron chi connectivity index (χ2n) is 5.64. The first kappa shape index (κ1) is 16.5. The summed E-state index contributed by atoms with van der Waals surface area (Å²) in [5.41, 5.74) is 2.23. The topological polar surface area (TPSA) is 36.4 Å². The number of nitrogens with zero attached hydrogens (tertiary/aromatic N) is 3. The number of aromatic nitrogens is 1. The van der Waals surface area contributed by atoms with Gasteiger partial charge in [-0.15, -0.1) is 23.1 Å². The van der Waals surface area contributed by atoms with Gasteiger partial charge in [-0.05, 0) is 18.4 Å². The molecule has 1 aromatic carbocycles. The SMILES string of the molecule is CSc1ccc(-c2csc(CN3CCN(C(C)=O)CC3)n2)cc1. The first-order chi connectivity index (χ1) is 11.2. The predicted octanol–water partition coefficient (Wildman–Crippen LogP) is 3.20. The Morgan fingerprint density at radius 3 is 2.52 bits per heavy atom. The van der Waals surface area contributed by atoms with Crippen LogP contribution in [0.4, 0.5) is 0 Å². The molecule has 2 heterocycles. The van der Waals surface area contributed by atoms with Gasteiger partial charge in [0.25, 0.3) is 0 Å². The number of thiazole rings is 1. The monoisotopic (exact) mass is 347 g/mol. The molecule has 0 spiro atoms. The van der Waals surface area contributed by atoms with Crippen LogP contribution in [0.25, 0.3) is 11.3 Å². The molecule has 0 aliphatic carbocycles. The van der Waals surface area contributed by atoms with Crippen molar-refractivity contribution in [1.82, 2.24) is 14.8 Å². The molecule has 122 valence electrons. The molecule has 0 N–H and O–H groups in total. The van der Waals surface area contributed by atoms with Crippen molar-refractivity contribution in [1.29, 1.82) is 0 Å². The lowest BCUT2D eigenvalue weighted by Crippen LogP contribution is -2.47. The first-order valence-corrected chi connectivity index (χ1v) is 9.83. The maximum Gasteiger partial charge on any atom is 0.219 e. The average Bonchev–Trinajstić information content (AvgIpc) is 3.04. The van der Waals surface area contributed by atoms with Crippen molar-refractivity contribution >= 4 is 29.0 Å². The quantitative estimate of drug-likeness (QED) is 0.796. The van der Waals surface area contributed by atoms with Gasteiger partial charge >= 0.3 is 0 Å². The molecule has 0 unspecified atom stereocenters. The number of carbonyl (C=O) groups is 1. The molecule has 0 radical (unpaired) electrons. The highest BCUT2D eigenvalue weighted by atomic mass is 32.2. The fourth-order valence-electron chi connectivity index (χ4n) is 2.69. The van der Waals surface area contributed by atoms with Gasteiger partial charge in [0.2, 0.25) is 5.91 Å². The standard InChI is InChI=1S/C17H21N3OS2/c1-13(21)20-9-7-19(8-10-20)11-17-18-16(12-23-17)14-3-5-15(22-2)6-4-14/h3-6,12H,7-11H2,1-2H3. The molecular weight excluding hydrogens is 326 g/mol. The van der Waals surface area contributed by atoms with Crippen LogP contribution >= 0.6 is 23.1 Å². The maximum absolute atomic E-state index is 11.4. The third-order valence-electron chi connectivity index (χ3n) is 4.11. The molecule has 3 rings (SSSR count). The van der Waals surface area contributed by atoms with E-state index < -0.39 is 0 Å². The number of piperazine rings is 1. The molecule has 1 fully saturated rings. The summed E-state index contributed by atoms with van der Waals surface area (Å²) >= 11 is 3.47. The Balaban J connectivity index is 1.60. The van der Waals surface area contributed by atoms with Crippen LogP contribution in [-0.2, 0) is 11.3 Å². The third-order valence-corrected chi connectivity index (χ3v) is 5.69. The van der Waals surface area contributed by atoms with Gasteiger partial charge in [0, 0.05) is 48.9 Å². The lowest BCUT2D eigenvalue weighted by atomic mass is 10.2. The summed E-state index contributed by atoms with van der Waals surface area (Å²) in [6.07, 6.45) is 2.09. The Morgan fingerprint density at radius 1 is 1.22 bits per heavy atom. The van der Waals surface area contributed by atoms with Gasteiger partial charge in [-0.3, -0.25) is 9.69 Å². The van der Waals surface area contributed by atoms with Crippen LogP contribution in [0.2, 0.25) is 0 Å². The van der Waals surface area contributed by atoms with Gasteiger partial charge < -0.3 is 4.90 Å². The molecule has 1 saturated heterocycles. The predicted molar refractivity (Wildman–Crippen MR) is 96.9 cm³/mol. The van der Waals surface area contributed by atoms with Gasteiger partial charge in [0.15, 0.2) is 0 Å². The summed E-state index contributed by atoms with van der Waals surface area (Å²) in [5, 5.41) is 3.28. The largest absolute Gasteiger partial charge is 0.340 e. The third kappa shape index (κ3) is 4.13. The van der Waals surface area contributed by atoms with Crippen molar-refractivity contribution in [2.75, 3.05) is 32.4 Å². The molecule has 1 aliphatic heterocycles. The van der Waals surface area contributed by atoms with Gasteiger partial charge in [-0.25, -0.2) is 4.98 Å². The van der Waals surface area contributed by atoms with E-state index in [0.29, 0.717) is 0 Å². The molecule has 0 bridgehead atoms.